The summed E-state index contributed by atoms with van der Waals surface area (Å²) in [5, 5.41) is 3.12. The molecule has 1 aliphatic heterocycles. The summed E-state index contributed by atoms with van der Waals surface area (Å²) in [5.74, 6) is -0.142. The molecule has 1 saturated heterocycles. The van der Waals surface area contributed by atoms with Gasteiger partial charge in [-0.1, -0.05) is 48.0 Å². The summed E-state index contributed by atoms with van der Waals surface area (Å²) in [6, 6.07) is 19.8. The molecule has 35 heavy (non-hydrogen) atoms. The van der Waals surface area contributed by atoms with Crippen molar-refractivity contribution in [2.75, 3.05) is 11.9 Å². The Labute approximate surface area is 212 Å². The van der Waals surface area contributed by atoms with Gasteiger partial charge in [0, 0.05) is 10.7 Å². The summed E-state index contributed by atoms with van der Waals surface area (Å²) in [6.45, 7) is 3.96. The second kappa shape index (κ2) is 10.8. The zero-order valence-corrected chi connectivity index (χ0v) is 20.8. The Morgan fingerprint density at radius 1 is 1.06 bits per heavy atom. The Kier molecular flexibility index (Phi) is 7.58. The van der Waals surface area contributed by atoms with Crippen LogP contribution in [0.15, 0.2) is 71.6 Å². The van der Waals surface area contributed by atoms with Gasteiger partial charge in [-0.05, 0) is 84.3 Å². The monoisotopic (exact) mass is 506 g/mol. The predicted octanol–water partition coefficient (Wildman–Crippen LogP) is 6.21. The summed E-state index contributed by atoms with van der Waals surface area (Å²) in [4.78, 5) is 39.1. The molecular weight excluding hydrogens is 484 g/mol. The third-order valence-electron chi connectivity index (χ3n) is 5.53. The summed E-state index contributed by atoms with van der Waals surface area (Å²) in [5.41, 5.74) is 4.35. The smallest absolute Gasteiger partial charge is 0.293 e. The van der Waals surface area contributed by atoms with Crippen molar-refractivity contribution in [3.63, 3.8) is 0 Å². The van der Waals surface area contributed by atoms with Gasteiger partial charge in [0.15, 0.2) is 6.61 Å². The quantitative estimate of drug-likeness (QED) is 0.385. The van der Waals surface area contributed by atoms with Crippen LogP contribution >= 0.6 is 23.4 Å². The molecule has 0 bridgehead atoms. The number of carbonyl (C=O) groups excluding carboxylic acids is 3. The minimum absolute atomic E-state index is 0.158. The molecule has 4 rings (SSSR count). The number of halogens is 1. The highest BCUT2D eigenvalue weighted by Gasteiger charge is 2.35. The molecule has 1 fully saturated rings. The van der Waals surface area contributed by atoms with E-state index in [1.54, 1.807) is 54.6 Å². The molecule has 0 radical (unpaired) electrons. The number of nitrogens with zero attached hydrogens (tertiary/aromatic N) is 1. The molecule has 1 aliphatic rings. The van der Waals surface area contributed by atoms with E-state index < -0.39 is 0 Å². The van der Waals surface area contributed by atoms with E-state index in [2.05, 4.69) is 5.32 Å². The van der Waals surface area contributed by atoms with E-state index >= 15 is 0 Å². The van der Waals surface area contributed by atoms with Crippen LogP contribution in [-0.2, 0) is 16.1 Å². The van der Waals surface area contributed by atoms with Gasteiger partial charge in [-0.3, -0.25) is 19.3 Å². The maximum Gasteiger partial charge on any atom is 0.293 e. The molecule has 3 amide bonds. The molecule has 0 aromatic heterocycles. The average molecular weight is 507 g/mol. The molecule has 178 valence electrons. The van der Waals surface area contributed by atoms with Crippen LogP contribution in [0.2, 0.25) is 5.02 Å². The number of amides is 3. The van der Waals surface area contributed by atoms with Crippen molar-refractivity contribution in [3.05, 3.63) is 98.9 Å². The second-order valence-electron chi connectivity index (χ2n) is 8.05. The SMILES string of the molecule is Cc1cccc(NC(=O)COc2cccc(/C=C3\SC(=O)N(Cc4ccc(Cl)cc4)C3=O)c2)c1C. The third kappa shape index (κ3) is 6.12. The molecule has 1 heterocycles. The van der Waals surface area contributed by atoms with Crippen LogP contribution in [0.1, 0.15) is 22.3 Å². The zero-order valence-electron chi connectivity index (χ0n) is 19.2. The molecule has 8 heteroatoms. The van der Waals surface area contributed by atoms with Gasteiger partial charge in [-0.15, -0.1) is 0 Å². The van der Waals surface area contributed by atoms with Crippen molar-refractivity contribution in [3.8, 4) is 5.75 Å². The highest BCUT2D eigenvalue weighted by atomic mass is 35.5. The van der Waals surface area contributed by atoms with Crippen molar-refractivity contribution in [1.29, 1.82) is 0 Å². The fraction of sp³-hybridized carbons (Fsp3) is 0.148. The van der Waals surface area contributed by atoms with Gasteiger partial charge < -0.3 is 10.1 Å². The van der Waals surface area contributed by atoms with Crippen LogP contribution in [-0.4, -0.2) is 28.6 Å². The predicted molar refractivity (Wildman–Crippen MR) is 139 cm³/mol. The number of nitrogens with one attached hydrogen (secondary N) is 1. The van der Waals surface area contributed by atoms with Crippen LogP contribution in [0.25, 0.3) is 6.08 Å². The number of carbonyl (C=O) groups is 3. The van der Waals surface area contributed by atoms with E-state index in [1.165, 1.54) is 4.90 Å². The van der Waals surface area contributed by atoms with Gasteiger partial charge in [0.05, 0.1) is 11.4 Å². The molecule has 0 spiro atoms. The lowest BCUT2D eigenvalue weighted by Crippen LogP contribution is -2.27. The van der Waals surface area contributed by atoms with Crippen molar-refractivity contribution in [1.82, 2.24) is 4.90 Å². The lowest BCUT2D eigenvalue weighted by Gasteiger charge is -2.12. The molecule has 0 aliphatic carbocycles. The molecule has 3 aromatic carbocycles. The summed E-state index contributed by atoms with van der Waals surface area (Å²) in [6.07, 6.45) is 1.65. The second-order valence-corrected chi connectivity index (χ2v) is 9.48. The van der Waals surface area contributed by atoms with E-state index in [1.807, 2.05) is 32.0 Å². The highest BCUT2D eigenvalue weighted by Crippen LogP contribution is 2.33. The molecule has 0 atom stereocenters. The summed E-state index contributed by atoms with van der Waals surface area (Å²) in [7, 11) is 0. The summed E-state index contributed by atoms with van der Waals surface area (Å²) < 4.78 is 5.65. The number of hydrogen-bond acceptors (Lipinski definition) is 5. The van der Waals surface area contributed by atoms with Crippen molar-refractivity contribution in [2.24, 2.45) is 0 Å². The zero-order chi connectivity index (χ0) is 24.9. The van der Waals surface area contributed by atoms with Gasteiger partial charge in [0.25, 0.3) is 17.1 Å². The minimum atomic E-state index is -0.353. The van der Waals surface area contributed by atoms with E-state index in [4.69, 9.17) is 16.3 Å². The van der Waals surface area contributed by atoms with E-state index in [-0.39, 0.29) is 30.2 Å². The van der Waals surface area contributed by atoms with E-state index in [9.17, 15) is 14.4 Å². The van der Waals surface area contributed by atoms with E-state index in [0.717, 1.165) is 34.1 Å². The highest BCUT2D eigenvalue weighted by molar-refractivity contribution is 8.18. The Morgan fingerprint density at radius 2 is 1.80 bits per heavy atom. The van der Waals surface area contributed by atoms with Gasteiger partial charge in [-0.25, -0.2) is 0 Å². The van der Waals surface area contributed by atoms with Crippen LogP contribution < -0.4 is 10.1 Å². The van der Waals surface area contributed by atoms with E-state index in [0.29, 0.717) is 21.2 Å². The Bertz CT molecular complexity index is 1320. The first-order valence-electron chi connectivity index (χ1n) is 10.9. The number of thioether (sulfide) groups is 1. The molecule has 0 saturated carbocycles. The number of ether oxygens (including phenoxy) is 1. The third-order valence-corrected chi connectivity index (χ3v) is 6.69. The van der Waals surface area contributed by atoms with Gasteiger partial charge in [0.1, 0.15) is 5.75 Å². The molecule has 6 nitrogen and oxygen atoms in total. The lowest BCUT2D eigenvalue weighted by atomic mass is 10.1. The van der Waals surface area contributed by atoms with Crippen LogP contribution in [0.3, 0.4) is 0 Å². The number of rotatable bonds is 7. The average Bonchev–Trinajstić information content (AvgIpc) is 3.09. The topological polar surface area (TPSA) is 75.7 Å². The first-order chi connectivity index (χ1) is 16.8. The van der Waals surface area contributed by atoms with Crippen LogP contribution in [0.5, 0.6) is 5.75 Å². The Hall–Kier alpha value is -3.55. The Balaban J connectivity index is 1.39. The largest absolute Gasteiger partial charge is 0.484 e. The maximum atomic E-state index is 12.8. The number of aryl methyl sites for hydroxylation is 1. The summed E-state index contributed by atoms with van der Waals surface area (Å²) >= 11 is 6.80. The molecule has 3 aromatic rings. The Morgan fingerprint density at radius 3 is 2.57 bits per heavy atom. The normalized spacial score (nSPS) is 14.5. The first kappa shape index (κ1) is 24.6. The van der Waals surface area contributed by atoms with Gasteiger partial charge in [-0.2, -0.15) is 0 Å². The van der Waals surface area contributed by atoms with Crippen LogP contribution in [0.4, 0.5) is 10.5 Å². The molecule has 0 unspecified atom stereocenters. The number of benzene rings is 3. The number of hydrogen-bond donors (Lipinski definition) is 1. The number of anilines is 1. The maximum absolute atomic E-state index is 12.8. The van der Waals surface area contributed by atoms with Crippen molar-refractivity contribution < 1.29 is 19.1 Å². The standard InChI is InChI=1S/C27H23ClN2O4S/c1-17-5-3-8-23(18(17)2)29-25(31)16-34-22-7-4-6-20(13-22)14-24-26(32)30(27(33)35-24)15-19-9-11-21(28)12-10-19/h3-14H,15-16H2,1-2H3,(H,29,31)/b24-14-. The van der Waals surface area contributed by atoms with Gasteiger partial charge in [0.2, 0.25) is 0 Å². The fourth-order valence-corrected chi connectivity index (χ4v) is 4.44. The minimum Gasteiger partial charge on any atom is -0.484 e. The fourth-order valence-electron chi connectivity index (χ4n) is 3.48. The molecule has 1 N–H and O–H groups in total. The van der Waals surface area contributed by atoms with Gasteiger partial charge >= 0.3 is 0 Å². The van der Waals surface area contributed by atoms with Crippen molar-refractivity contribution >= 4 is 52.2 Å². The molecular formula is C27H23ClN2O4S. The number of imide groups is 1. The lowest BCUT2D eigenvalue weighted by molar-refractivity contribution is -0.123. The van der Waals surface area contributed by atoms with Crippen LogP contribution in [0, 0.1) is 13.8 Å². The first-order valence-corrected chi connectivity index (χ1v) is 12.1. The van der Waals surface area contributed by atoms with Crippen molar-refractivity contribution in [2.45, 2.75) is 20.4 Å².